The van der Waals surface area contributed by atoms with Crippen molar-refractivity contribution in [3.05, 3.63) is 89.1 Å². The normalized spacial score (nSPS) is 12.1. The van der Waals surface area contributed by atoms with Gasteiger partial charge < -0.3 is 4.57 Å². The third kappa shape index (κ3) is 2.58. The molecule has 0 atom stereocenters. The van der Waals surface area contributed by atoms with Crippen molar-refractivity contribution < 1.29 is 4.57 Å². The molecule has 0 bridgehead atoms. The van der Waals surface area contributed by atoms with Crippen LogP contribution in [0.5, 0.6) is 0 Å². The van der Waals surface area contributed by atoms with Gasteiger partial charge in [0.05, 0.1) is 16.9 Å². The van der Waals surface area contributed by atoms with Crippen LogP contribution < -0.4 is 4.57 Å². The number of hydrogen-bond acceptors (Lipinski definition) is 1. The zero-order chi connectivity index (χ0) is 19.4. The summed E-state index contributed by atoms with van der Waals surface area (Å²) in [5.74, 6) is 1.14. The number of nitrogens with zero attached hydrogens (tertiary/aromatic N) is 3. The fourth-order valence-corrected chi connectivity index (χ4v) is 4.43. The number of fused-ring (bicyclic) bond motifs is 3. The number of rotatable bonds is 2. The van der Waals surface area contributed by atoms with Crippen molar-refractivity contribution in [1.29, 1.82) is 0 Å². The Morgan fingerprint density at radius 2 is 1.71 bits per heavy atom. The predicted molar refractivity (Wildman–Crippen MR) is 113 cm³/mol. The molecule has 0 amide bonds. The molecule has 4 aromatic rings. The van der Waals surface area contributed by atoms with E-state index in [2.05, 4.69) is 103 Å². The summed E-state index contributed by atoms with van der Waals surface area (Å²) in [5, 5.41) is 0. The number of pyridine rings is 1. The first-order valence-electron chi connectivity index (χ1n) is 9.76. The Balaban J connectivity index is 1.71. The highest BCUT2D eigenvalue weighted by Crippen LogP contribution is 2.35. The second-order valence-electron chi connectivity index (χ2n) is 7.87. The van der Waals surface area contributed by atoms with Crippen LogP contribution in [0.3, 0.4) is 0 Å². The lowest BCUT2D eigenvalue weighted by Gasteiger charge is -2.12. The topological polar surface area (TPSA) is 21.7 Å². The average molecular weight is 366 g/mol. The number of hydrogen-bond donors (Lipinski definition) is 0. The van der Waals surface area contributed by atoms with Gasteiger partial charge in [-0.15, -0.1) is 0 Å². The van der Waals surface area contributed by atoms with Crippen molar-refractivity contribution >= 4 is 0 Å². The molecular formula is C25H24N3+. The Labute approximate surface area is 165 Å². The fraction of sp³-hybridized carbons (Fsp3) is 0.200. The van der Waals surface area contributed by atoms with Crippen LogP contribution in [0.25, 0.3) is 28.1 Å². The van der Waals surface area contributed by atoms with E-state index < -0.39 is 0 Å². The predicted octanol–water partition coefficient (Wildman–Crippen LogP) is 4.86. The van der Waals surface area contributed by atoms with E-state index in [4.69, 9.17) is 0 Å². The molecule has 0 radical (unpaired) electrons. The largest absolute Gasteiger partial charge is 0.303 e. The van der Waals surface area contributed by atoms with Crippen LogP contribution in [0.2, 0.25) is 0 Å². The monoisotopic (exact) mass is 366 g/mol. The molecule has 0 spiro atoms. The highest BCUT2D eigenvalue weighted by Gasteiger charge is 2.24. The minimum absolute atomic E-state index is 0.916. The van der Waals surface area contributed by atoms with Gasteiger partial charge in [-0.3, -0.25) is 0 Å². The van der Waals surface area contributed by atoms with Gasteiger partial charge in [0.2, 0.25) is 5.69 Å². The van der Waals surface area contributed by atoms with Crippen LogP contribution in [0.4, 0.5) is 0 Å². The van der Waals surface area contributed by atoms with Crippen molar-refractivity contribution in [2.24, 2.45) is 7.05 Å². The minimum Gasteiger partial charge on any atom is -0.303 e. The zero-order valence-corrected chi connectivity index (χ0v) is 16.8. The van der Waals surface area contributed by atoms with Gasteiger partial charge >= 0.3 is 0 Å². The molecule has 1 aliphatic heterocycles. The smallest absolute Gasteiger partial charge is 0.213 e. The number of imidazole rings is 1. The summed E-state index contributed by atoms with van der Waals surface area (Å²) in [7, 11) is 2.14. The van der Waals surface area contributed by atoms with Gasteiger partial charge in [-0.05, 0) is 49.1 Å². The lowest BCUT2D eigenvalue weighted by atomic mass is 9.95. The molecule has 3 nitrogen and oxygen atoms in total. The molecule has 5 rings (SSSR count). The second kappa shape index (κ2) is 6.16. The Hall–Kier alpha value is -3.20. The molecule has 0 saturated carbocycles. The van der Waals surface area contributed by atoms with Gasteiger partial charge in [0.1, 0.15) is 12.9 Å². The van der Waals surface area contributed by atoms with Gasteiger partial charge in [0, 0.05) is 24.2 Å². The number of aryl methyl sites for hydroxylation is 4. The molecule has 0 unspecified atom stereocenters. The summed E-state index contributed by atoms with van der Waals surface area (Å²) in [5.41, 5.74) is 11.3. The fourth-order valence-electron chi connectivity index (χ4n) is 4.43. The third-order valence-corrected chi connectivity index (χ3v) is 5.77. The summed E-state index contributed by atoms with van der Waals surface area (Å²) in [4.78, 5) is 4.68. The van der Waals surface area contributed by atoms with E-state index >= 15 is 0 Å². The van der Waals surface area contributed by atoms with E-state index in [0.717, 1.165) is 17.9 Å². The van der Waals surface area contributed by atoms with E-state index in [0.29, 0.717) is 0 Å². The van der Waals surface area contributed by atoms with Crippen LogP contribution in [-0.2, 0) is 13.5 Å². The Kier molecular flexibility index (Phi) is 3.73. The van der Waals surface area contributed by atoms with Gasteiger partial charge in [0.25, 0.3) is 0 Å². The van der Waals surface area contributed by atoms with Crippen molar-refractivity contribution in [2.75, 3.05) is 0 Å². The molecule has 0 aliphatic carbocycles. The maximum Gasteiger partial charge on any atom is 0.213 e. The van der Waals surface area contributed by atoms with E-state index in [1.807, 2.05) is 0 Å². The highest BCUT2D eigenvalue weighted by atomic mass is 15.1. The first-order valence-corrected chi connectivity index (χ1v) is 9.76. The molecular weight excluding hydrogens is 342 g/mol. The van der Waals surface area contributed by atoms with Crippen molar-refractivity contribution in [3.8, 4) is 28.1 Å². The zero-order valence-electron chi connectivity index (χ0n) is 16.8. The number of aromatic nitrogens is 3. The van der Waals surface area contributed by atoms with E-state index in [1.54, 1.807) is 0 Å². The molecule has 1 aliphatic rings. The average Bonchev–Trinajstić information content (AvgIpc) is 3.18. The molecule has 0 fully saturated rings. The van der Waals surface area contributed by atoms with Crippen molar-refractivity contribution in [3.63, 3.8) is 0 Å². The molecule has 28 heavy (non-hydrogen) atoms. The first-order chi connectivity index (χ1) is 13.5. The summed E-state index contributed by atoms with van der Waals surface area (Å²) in [6.07, 6.45) is 5.29. The van der Waals surface area contributed by atoms with Gasteiger partial charge in [-0.1, -0.05) is 36.4 Å². The van der Waals surface area contributed by atoms with Gasteiger partial charge in [-0.25, -0.2) is 9.55 Å². The standard InChI is InChI=1S/C25H24N3/c1-16-10-20-11-25-26-18(3)15-28(25)23(20)13-22(16)24-12-21(17(2)14-27(24)4)19-8-6-5-7-9-19/h5-10,12-15H,11H2,1-4H3/q+1. The van der Waals surface area contributed by atoms with E-state index in [1.165, 1.54) is 44.8 Å². The highest BCUT2D eigenvalue weighted by molar-refractivity contribution is 5.74. The van der Waals surface area contributed by atoms with E-state index in [9.17, 15) is 0 Å². The maximum absolute atomic E-state index is 4.68. The Morgan fingerprint density at radius 3 is 2.50 bits per heavy atom. The van der Waals surface area contributed by atoms with Crippen LogP contribution in [-0.4, -0.2) is 9.55 Å². The minimum atomic E-state index is 0.916. The molecule has 138 valence electrons. The van der Waals surface area contributed by atoms with Crippen LogP contribution in [0, 0.1) is 20.8 Å². The quantitative estimate of drug-likeness (QED) is 0.409. The summed E-state index contributed by atoms with van der Waals surface area (Å²) in [6.45, 7) is 6.46. The summed E-state index contributed by atoms with van der Waals surface area (Å²) in [6, 6.07) is 17.6. The Morgan fingerprint density at radius 1 is 0.929 bits per heavy atom. The lowest BCUT2D eigenvalue weighted by Crippen LogP contribution is -2.31. The Bertz CT molecular complexity index is 1220. The summed E-state index contributed by atoms with van der Waals surface area (Å²) >= 11 is 0. The summed E-state index contributed by atoms with van der Waals surface area (Å²) < 4.78 is 4.49. The van der Waals surface area contributed by atoms with Crippen molar-refractivity contribution in [2.45, 2.75) is 27.2 Å². The number of benzene rings is 2. The second-order valence-corrected chi connectivity index (χ2v) is 7.87. The van der Waals surface area contributed by atoms with Gasteiger partial charge in [-0.2, -0.15) is 0 Å². The van der Waals surface area contributed by atoms with Gasteiger partial charge in [0.15, 0.2) is 6.20 Å². The SMILES string of the molecule is Cc1cn2c(n1)Cc1cc(C)c(-c3cc(-c4ccccc4)c(C)c[n+]3C)cc1-2. The molecule has 2 aromatic carbocycles. The third-order valence-electron chi connectivity index (χ3n) is 5.77. The molecule has 0 N–H and O–H groups in total. The molecule has 3 heterocycles. The first kappa shape index (κ1) is 16.9. The lowest BCUT2D eigenvalue weighted by molar-refractivity contribution is -0.660. The van der Waals surface area contributed by atoms with E-state index in [-0.39, 0.29) is 0 Å². The molecule has 0 saturated heterocycles. The maximum atomic E-state index is 4.68. The molecule has 3 heteroatoms. The molecule has 2 aromatic heterocycles. The van der Waals surface area contributed by atoms with Crippen LogP contribution in [0.1, 0.15) is 28.2 Å². The van der Waals surface area contributed by atoms with Crippen LogP contribution >= 0.6 is 0 Å². The van der Waals surface area contributed by atoms with Crippen LogP contribution in [0.15, 0.2) is 60.9 Å². The van der Waals surface area contributed by atoms with Crippen molar-refractivity contribution in [1.82, 2.24) is 9.55 Å².